The van der Waals surface area contributed by atoms with E-state index < -0.39 is 0 Å². The van der Waals surface area contributed by atoms with E-state index in [2.05, 4.69) is 22.1 Å². The molecule has 1 amide bonds. The Bertz CT molecular complexity index is 1260. The molecule has 4 aromatic rings. The molecule has 0 saturated carbocycles. The van der Waals surface area contributed by atoms with Crippen molar-refractivity contribution in [2.45, 2.75) is 19.4 Å². The fourth-order valence-corrected chi connectivity index (χ4v) is 4.44. The summed E-state index contributed by atoms with van der Waals surface area (Å²) in [7, 11) is 0. The third kappa shape index (κ3) is 2.90. The molecule has 2 aromatic carbocycles. The highest BCUT2D eigenvalue weighted by Gasteiger charge is 2.36. The standard InChI is InChI=1S/C25H21N3O2/c1-16(29)17-8-2-3-10-20(17)25(30)28-15-13-19-18-9-4-5-11-21(18)27-23(19)24(28)22-12-6-7-14-26-22/h2-12,14,24,27H,13,15H2,1H3. The highest BCUT2D eigenvalue weighted by molar-refractivity contribution is 6.07. The summed E-state index contributed by atoms with van der Waals surface area (Å²) < 4.78 is 0. The minimum atomic E-state index is -0.338. The van der Waals surface area contributed by atoms with Crippen LogP contribution in [0.1, 0.15) is 50.6 Å². The van der Waals surface area contributed by atoms with Crippen molar-refractivity contribution >= 4 is 22.6 Å². The molecular weight excluding hydrogens is 374 g/mol. The molecule has 0 fully saturated rings. The summed E-state index contributed by atoms with van der Waals surface area (Å²) in [4.78, 5) is 35.7. The number of aromatic nitrogens is 2. The minimum absolute atomic E-state index is 0.114. The van der Waals surface area contributed by atoms with Gasteiger partial charge in [-0.15, -0.1) is 0 Å². The molecule has 0 aliphatic carbocycles. The first kappa shape index (κ1) is 18.3. The second kappa shape index (κ2) is 7.26. The highest BCUT2D eigenvalue weighted by atomic mass is 16.2. The van der Waals surface area contributed by atoms with Crippen LogP contribution in [-0.2, 0) is 6.42 Å². The van der Waals surface area contributed by atoms with E-state index >= 15 is 0 Å². The molecule has 0 bridgehead atoms. The molecule has 1 unspecified atom stereocenters. The van der Waals surface area contributed by atoms with Gasteiger partial charge in [0.1, 0.15) is 6.04 Å². The number of aromatic amines is 1. The van der Waals surface area contributed by atoms with E-state index in [4.69, 9.17) is 0 Å². The van der Waals surface area contributed by atoms with Crippen LogP contribution in [0.2, 0.25) is 0 Å². The van der Waals surface area contributed by atoms with Gasteiger partial charge in [-0.05, 0) is 43.2 Å². The van der Waals surface area contributed by atoms with Crippen molar-refractivity contribution in [3.63, 3.8) is 0 Å². The molecule has 5 rings (SSSR count). The largest absolute Gasteiger partial charge is 0.356 e. The van der Waals surface area contributed by atoms with Crippen LogP contribution in [0.3, 0.4) is 0 Å². The van der Waals surface area contributed by atoms with Crippen LogP contribution >= 0.6 is 0 Å². The van der Waals surface area contributed by atoms with Crippen molar-refractivity contribution in [3.05, 3.63) is 101 Å². The predicted molar refractivity (Wildman–Crippen MR) is 116 cm³/mol. The zero-order valence-corrected chi connectivity index (χ0v) is 16.6. The number of amides is 1. The lowest BCUT2D eigenvalue weighted by atomic mass is 9.93. The van der Waals surface area contributed by atoms with Gasteiger partial charge in [0.15, 0.2) is 5.78 Å². The number of benzene rings is 2. The maximum atomic E-state index is 13.7. The van der Waals surface area contributed by atoms with Gasteiger partial charge in [0.05, 0.1) is 11.3 Å². The monoisotopic (exact) mass is 395 g/mol. The fraction of sp³-hybridized carbons (Fsp3) is 0.160. The maximum Gasteiger partial charge on any atom is 0.255 e. The Balaban J connectivity index is 1.67. The first-order chi connectivity index (χ1) is 14.6. The fourth-order valence-electron chi connectivity index (χ4n) is 4.44. The molecule has 148 valence electrons. The lowest BCUT2D eigenvalue weighted by Gasteiger charge is -2.36. The Morgan fingerprint density at radius 1 is 0.967 bits per heavy atom. The van der Waals surface area contributed by atoms with E-state index in [1.165, 1.54) is 17.9 Å². The predicted octanol–water partition coefficient (Wildman–Crippen LogP) is 4.55. The average Bonchev–Trinajstić information content (AvgIpc) is 3.17. The van der Waals surface area contributed by atoms with E-state index in [1.54, 1.807) is 30.5 Å². The van der Waals surface area contributed by atoms with Gasteiger partial charge < -0.3 is 9.88 Å². The third-order valence-electron chi connectivity index (χ3n) is 5.80. The van der Waals surface area contributed by atoms with Gasteiger partial charge >= 0.3 is 0 Å². The number of ketones is 1. The lowest BCUT2D eigenvalue weighted by Crippen LogP contribution is -2.41. The van der Waals surface area contributed by atoms with Crippen molar-refractivity contribution in [1.82, 2.24) is 14.9 Å². The van der Waals surface area contributed by atoms with Crippen molar-refractivity contribution in [1.29, 1.82) is 0 Å². The van der Waals surface area contributed by atoms with E-state index in [0.29, 0.717) is 17.7 Å². The Hall–Kier alpha value is -3.73. The van der Waals surface area contributed by atoms with E-state index in [-0.39, 0.29) is 17.7 Å². The Kier molecular flexibility index (Phi) is 4.43. The number of H-pyrrole nitrogens is 1. The number of carbonyl (C=O) groups is 2. The van der Waals surface area contributed by atoms with Crippen LogP contribution < -0.4 is 0 Å². The number of rotatable bonds is 3. The molecule has 0 saturated heterocycles. The molecule has 1 aliphatic rings. The molecule has 0 radical (unpaired) electrons. The van der Waals surface area contributed by atoms with Crippen LogP contribution in [0.4, 0.5) is 0 Å². The molecule has 5 nitrogen and oxygen atoms in total. The normalized spacial score (nSPS) is 15.8. The molecule has 1 N–H and O–H groups in total. The van der Waals surface area contributed by atoms with Gasteiger partial charge in [-0.25, -0.2) is 0 Å². The van der Waals surface area contributed by atoms with Gasteiger partial charge in [-0.3, -0.25) is 14.6 Å². The molecule has 5 heteroatoms. The molecular formula is C25H21N3O2. The van der Waals surface area contributed by atoms with Crippen LogP contribution in [0.25, 0.3) is 10.9 Å². The average molecular weight is 395 g/mol. The number of nitrogens with one attached hydrogen (secondary N) is 1. The van der Waals surface area contributed by atoms with Gasteiger partial charge in [-0.1, -0.05) is 42.5 Å². The number of hydrogen-bond acceptors (Lipinski definition) is 3. The number of hydrogen-bond donors (Lipinski definition) is 1. The lowest BCUT2D eigenvalue weighted by molar-refractivity contribution is 0.0684. The number of para-hydroxylation sites is 1. The van der Waals surface area contributed by atoms with E-state index in [1.807, 2.05) is 35.2 Å². The zero-order chi connectivity index (χ0) is 20.7. The van der Waals surface area contributed by atoms with Crippen LogP contribution in [-0.4, -0.2) is 33.1 Å². The zero-order valence-electron chi connectivity index (χ0n) is 16.6. The quantitative estimate of drug-likeness (QED) is 0.518. The summed E-state index contributed by atoms with van der Waals surface area (Å²) in [5.74, 6) is -0.266. The minimum Gasteiger partial charge on any atom is -0.356 e. The Morgan fingerprint density at radius 3 is 2.47 bits per heavy atom. The summed E-state index contributed by atoms with van der Waals surface area (Å²) in [5, 5.41) is 1.18. The summed E-state index contributed by atoms with van der Waals surface area (Å²) in [5.41, 5.74) is 4.97. The second-order valence-electron chi connectivity index (χ2n) is 7.57. The van der Waals surface area contributed by atoms with Gasteiger partial charge in [0.25, 0.3) is 5.91 Å². The Labute approximate surface area is 174 Å². The van der Waals surface area contributed by atoms with Crippen molar-refractivity contribution in [2.24, 2.45) is 0 Å². The number of Topliss-reactive ketones (excluding diaryl/α,β-unsaturated/α-hetero) is 1. The number of fused-ring (bicyclic) bond motifs is 3. The van der Waals surface area contributed by atoms with Gasteiger partial charge in [0.2, 0.25) is 0 Å². The molecule has 0 spiro atoms. The van der Waals surface area contributed by atoms with Crippen molar-refractivity contribution < 1.29 is 9.59 Å². The first-order valence-electron chi connectivity index (χ1n) is 10.1. The second-order valence-corrected chi connectivity index (χ2v) is 7.57. The Morgan fingerprint density at radius 2 is 1.70 bits per heavy atom. The number of nitrogens with zero attached hydrogens (tertiary/aromatic N) is 2. The van der Waals surface area contributed by atoms with E-state index in [0.717, 1.165) is 23.3 Å². The third-order valence-corrected chi connectivity index (χ3v) is 5.80. The smallest absolute Gasteiger partial charge is 0.255 e. The van der Waals surface area contributed by atoms with Gasteiger partial charge in [-0.2, -0.15) is 0 Å². The summed E-state index contributed by atoms with van der Waals surface area (Å²) in [6.07, 6.45) is 2.50. The van der Waals surface area contributed by atoms with Crippen LogP contribution in [0.15, 0.2) is 72.9 Å². The van der Waals surface area contributed by atoms with Crippen molar-refractivity contribution in [3.8, 4) is 0 Å². The summed E-state index contributed by atoms with van der Waals surface area (Å²) >= 11 is 0. The summed E-state index contributed by atoms with van der Waals surface area (Å²) in [6.45, 7) is 2.05. The van der Waals surface area contributed by atoms with Crippen LogP contribution in [0, 0.1) is 0 Å². The molecule has 3 heterocycles. The molecule has 1 aliphatic heterocycles. The summed E-state index contributed by atoms with van der Waals surface area (Å²) in [6, 6.07) is 20.7. The topological polar surface area (TPSA) is 66.1 Å². The highest BCUT2D eigenvalue weighted by Crippen LogP contribution is 2.38. The van der Waals surface area contributed by atoms with Gasteiger partial charge in [0, 0.05) is 34.9 Å². The number of pyridine rings is 1. The van der Waals surface area contributed by atoms with Crippen LogP contribution in [0.5, 0.6) is 0 Å². The SMILES string of the molecule is CC(=O)c1ccccc1C(=O)N1CCc2c([nH]c3ccccc23)C1c1ccccn1. The van der Waals surface area contributed by atoms with E-state index in [9.17, 15) is 9.59 Å². The maximum absolute atomic E-state index is 13.7. The first-order valence-corrected chi connectivity index (χ1v) is 10.1. The molecule has 1 atom stereocenters. The molecule has 30 heavy (non-hydrogen) atoms. The number of carbonyl (C=O) groups excluding carboxylic acids is 2. The van der Waals surface area contributed by atoms with Crippen molar-refractivity contribution in [2.75, 3.05) is 6.54 Å². The molecule has 2 aromatic heterocycles.